The Labute approximate surface area is 167 Å². The van der Waals surface area contributed by atoms with Gasteiger partial charge < -0.3 is 15.4 Å². The van der Waals surface area contributed by atoms with Crippen LogP contribution in [-0.2, 0) is 4.79 Å². The highest BCUT2D eigenvalue weighted by Crippen LogP contribution is 2.25. The van der Waals surface area contributed by atoms with E-state index in [9.17, 15) is 9.59 Å². The molecule has 0 aliphatic carbocycles. The topological polar surface area (TPSA) is 67.4 Å². The summed E-state index contributed by atoms with van der Waals surface area (Å²) in [7, 11) is 0. The Kier molecular flexibility index (Phi) is 7.21. The summed E-state index contributed by atoms with van der Waals surface area (Å²) < 4.78 is 5.91. The van der Waals surface area contributed by atoms with Gasteiger partial charge in [0.05, 0.1) is 11.3 Å². The third kappa shape index (κ3) is 5.35. The number of amides is 2. The molecular weight excluding hydrogens is 352 g/mol. The molecule has 0 aromatic heterocycles. The third-order valence-corrected chi connectivity index (χ3v) is 4.86. The van der Waals surface area contributed by atoms with Crippen molar-refractivity contribution in [2.24, 2.45) is 0 Å². The zero-order valence-corrected chi connectivity index (χ0v) is 17.6. The van der Waals surface area contributed by atoms with Gasteiger partial charge in [-0.2, -0.15) is 0 Å². The number of nitrogens with one attached hydrogen (secondary N) is 2. The highest BCUT2D eigenvalue weighted by Gasteiger charge is 2.20. The minimum absolute atomic E-state index is 0.0612. The number of carbonyl (C=O) groups excluding carboxylic acids is 2. The Morgan fingerprint density at radius 2 is 1.75 bits per heavy atom. The van der Waals surface area contributed by atoms with Gasteiger partial charge in [-0.1, -0.05) is 25.1 Å². The predicted octanol–water partition coefficient (Wildman–Crippen LogP) is 4.55. The summed E-state index contributed by atoms with van der Waals surface area (Å²) in [5.74, 6) is 0.189. The van der Waals surface area contributed by atoms with E-state index in [0.29, 0.717) is 17.0 Å². The maximum atomic E-state index is 12.7. The fourth-order valence-corrected chi connectivity index (χ4v) is 2.80. The van der Waals surface area contributed by atoms with Crippen molar-refractivity contribution >= 4 is 17.5 Å². The van der Waals surface area contributed by atoms with E-state index in [1.807, 2.05) is 40.7 Å². The molecule has 2 rings (SSSR count). The van der Waals surface area contributed by atoms with Crippen LogP contribution in [0.15, 0.2) is 36.4 Å². The molecule has 0 radical (unpaired) electrons. The fourth-order valence-electron chi connectivity index (χ4n) is 2.80. The molecule has 2 aromatic carbocycles. The van der Waals surface area contributed by atoms with Crippen LogP contribution in [-0.4, -0.2) is 24.0 Å². The SMILES string of the molecule is CC[C@@H](C)NC(=O)c1ccccc1NC(=O)[C@@H](C)Oc1cc(C)cc(C)c1C. The molecule has 2 amide bonds. The molecule has 0 aliphatic rings. The molecule has 28 heavy (non-hydrogen) atoms. The number of carbonyl (C=O) groups is 2. The second-order valence-corrected chi connectivity index (χ2v) is 7.28. The molecule has 0 spiro atoms. The fraction of sp³-hybridized carbons (Fsp3) is 0.391. The van der Waals surface area contributed by atoms with Gasteiger partial charge in [-0.05, 0) is 75.9 Å². The molecule has 0 unspecified atom stereocenters. The van der Waals surface area contributed by atoms with Crippen LogP contribution in [0.5, 0.6) is 5.75 Å². The van der Waals surface area contributed by atoms with E-state index in [1.165, 1.54) is 0 Å². The van der Waals surface area contributed by atoms with Gasteiger partial charge in [0.1, 0.15) is 5.75 Å². The van der Waals surface area contributed by atoms with Crippen LogP contribution in [0.25, 0.3) is 0 Å². The average molecular weight is 383 g/mol. The van der Waals surface area contributed by atoms with Gasteiger partial charge in [-0.25, -0.2) is 0 Å². The van der Waals surface area contributed by atoms with Gasteiger partial charge in [0, 0.05) is 6.04 Å². The number of anilines is 1. The van der Waals surface area contributed by atoms with Crippen molar-refractivity contribution in [1.82, 2.24) is 5.32 Å². The Balaban J connectivity index is 2.14. The summed E-state index contributed by atoms with van der Waals surface area (Å²) in [6, 6.07) is 11.1. The minimum Gasteiger partial charge on any atom is -0.481 e. The van der Waals surface area contributed by atoms with Crippen LogP contribution in [0.1, 0.15) is 54.2 Å². The van der Waals surface area contributed by atoms with Crippen molar-refractivity contribution in [3.8, 4) is 5.75 Å². The van der Waals surface area contributed by atoms with Crippen LogP contribution in [0.4, 0.5) is 5.69 Å². The number of benzene rings is 2. The number of hydrogen-bond donors (Lipinski definition) is 2. The molecule has 0 saturated heterocycles. The summed E-state index contributed by atoms with van der Waals surface area (Å²) in [4.78, 5) is 25.2. The zero-order chi connectivity index (χ0) is 20.8. The van der Waals surface area contributed by atoms with E-state index in [1.54, 1.807) is 31.2 Å². The zero-order valence-electron chi connectivity index (χ0n) is 17.6. The largest absolute Gasteiger partial charge is 0.481 e. The maximum Gasteiger partial charge on any atom is 0.265 e. The first-order valence-electron chi connectivity index (χ1n) is 9.68. The van der Waals surface area contributed by atoms with Crippen LogP contribution in [0.3, 0.4) is 0 Å². The van der Waals surface area contributed by atoms with Crippen molar-refractivity contribution in [1.29, 1.82) is 0 Å². The molecule has 0 bridgehead atoms. The van der Waals surface area contributed by atoms with Crippen molar-refractivity contribution < 1.29 is 14.3 Å². The second-order valence-electron chi connectivity index (χ2n) is 7.28. The average Bonchev–Trinajstić information content (AvgIpc) is 2.65. The van der Waals surface area contributed by atoms with E-state index >= 15 is 0 Å². The minimum atomic E-state index is -0.703. The molecule has 0 fully saturated rings. The summed E-state index contributed by atoms with van der Waals surface area (Å²) in [5, 5.41) is 5.75. The predicted molar refractivity (Wildman–Crippen MR) is 113 cm³/mol. The van der Waals surface area contributed by atoms with Crippen molar-refractivity contribution in [2.75, 3.05) is 5.32 Å². The number of ether oxygens (including phenoxy) is 1. The standard InChI is InChI=1S/C23H30N2O3/c1-7-16(4)24-23(27)19-10-8-9-11-20(19)25-22(26)18(6)28-21-13-14(2)12-15(3)17(21)5/h8-13,16,18H,7H2,1-6H3,(H,24,27)(H,25,26)/t16-,18-/m1/s1. The van der Waals surface area contributed by atoms with Crippen molar-refractivity contribution in [2.45, 2.75) is 60.1 Å². The van der Waals surface area contributed by atoms with Crippen LogP contribution in [0.2, 0.25) is 0 Å². The Morgan fingerprint density at radius 3 is 2.43 bits per heavy atom. The number of para-hydroxylation sites is 1. The van der Waals surface area contributed by atoms with Crippen molar-refractivity contribution in [3.63, 3.8) is 0 Å². The summed E-state index contributed by atoms with van der Waals surface area (Å²) >= 11 is 0. The third-order valence-electron chi connectivity index (χ3n) is 4.86. The summed E-state index contributed by atoms with van der Waals surface area (Å²) in [5.41, 5.74) is 4.12. The molecule has 0 saturated carbocycles. The molecule has 2 N–H and O–H groups in total. The van der Waals surface area contributed by atoms with Gasteiger partial charge in [0.15, 0.2) is 6.10 Å². The van der Waals surface area contributed by atoms with Crippen LogP contribution in [0, 0.1) is 20.8 Å². The Bertz CT molecular complexity index is 861. The van der Waals surface area contributed by atoms with Gasteiger partial charge in [0.2, 0.25) is 0 Å². The Hall–Kier alpha value is -2.82. The smallest absolute Gasteiger partial charge is 0.265 e. The van der Waals surface area contributed by atoms with Gasteiger partial charge in [-0.3, -0.25) is 9.59 Å². The number of rotatable bonds is 7. The number of aryl methyl sites for hydroxylation is 2. The molecule has 0 aliphatic heterocycles. The lowest BCUT2D eigenvalue weighted by molar-refractivity contribution is -0.122. The maximum absolute atomic E-state index is 12.7. The van der Waals surface area contributed by atoms with Crippen LogP contribution < -0.4 is 15.4 Å². The van der Waals surface area contributed by atoms with Gasteiger partial charge >= 0.3 is 0 Å². The summed E-state index contributed by atoms with van der Waals surface area (Å²) in [6.07, 6.45) is 0.131. The van der Waals surface area contributed by atoms with E-state index in [4.69, 9.17) is 4.74 Å². The lowest BCUT2D eigenvalue weighted by Gasteiger charge is -2.19. The van der Waals surface area contributed by atoms with Gasteiger partial charge in [0.25, 0.3) is 11.8 Å². The molecule has 150 valence electrons. The monoisotopic (exact) mass is 382 g/mol. The molecule has 2 atom stereocenters. The lowest BCUT2D eigenvalue weighted by atomic mass is 10.1. The lowest BCUT2D eigenvalue weighted by Crippen LogP contribution is -2.34. The van der Waals surface area contributed by atoms with E-state index in [-0.39, 0.29) is 17.9 Å². The van der Waals surface area contributed by atoms with Gasteiger partial charge in [-0.15, -0.1) is 0 Å². The first-order valence-corrected chi connectivity index (χ1v) is 9.68. The summed E-state index contributed by atoms with van der Waals surface area (Å²) in [6.45, 7) is 11.6. The molecular formula is C23H30N2O3. The highest BCUT2D eigenvalue weighted by atomic mass is 16.5. The Morgan fingerprint density at radius 1 is 1.07 bits per heavy atom. The van der Waals surface area contributed by atoms with E-state index in [2.05, 4.69) is 16.7 Å². The molecule has 5 heteroatoms. The highest BCUT2D eigenvalue weighted by molar-refractivity contribution is 6.04. The number of hydrogen-bond acceptors (Lipinski definition) is 3. The molecule has 0 heterocycles. The normalized spacial score (nSPS) is 12.8. The van der Waals surface area contributed by atoms with Crippen molar-refractivity contribution in [3.05, 3.63) is 58.7 Å². The van der Waals surface area contributed by atoms with E-state index < -0.39 is 6.10 Å². The molecule has 5 nitrogen and oxygen atoms in total. The van der Waals surface area contributed by atoms with Crippen LogP contribution >= 0.6 is 0 Å². The first kappa shape index (κ1) is 21.5. The molecule has 2 aromatic rings. The second kappa shape index (κ2) is 9.40. The van der Waals surface area contributed by atoms with E-state index in [0.717, 1.165) is 23.1 Å². The first-order chi connectivity index (χ1) is 13.2. The quantitative estimate of drug-likeness (QED) is 0.738.